The summed E-state index contributed by atoms with van der Waals surface area (Å²) in [7, 11) is 0. The van der Waals surface area contributed by atoms with Crippen molar-refractivity contribution in [3.05, 3.63) is 78.4 Å². The zero-order chi connectivity index (χ0) is 18.1. The lowest BCUT2D eigenvalue weighted by molar-refractivity contribution is -0.117. The third-order valence-corrected chi connectivity index (χ3v) is 3.77. The maximum Gasteiger partial charge on any atom is 0.322 e. The summed E-state index contributed by atoms with van der Waals surface area (Å²) < 4.78 is 0. The number of carbonyl (C=O) groups excluding carboxylic acids is 2. The maximum atomic E-state index is 12.6. The van der Waals surface area contributed by atoms with E-state index in [1.165, 1.54) is 5.56 Å². The Hall–Kier alpha value is -3.08. The van der Waals surface area contributed by atoms with Crippen LogP contribution in [0.1, 0.15) is 11.1 Å². The molecule has 0 heterocycles. The molecule has 0 radical (unpaired) electrons. The van der Waals surface area contributed by atoms with Gasteiger partial charge < -0.3 is 16.0 Å². The van der Waals surface area contributed by atoms with E-state index in [0.717, 1.165) is 6.42 Å². The Balaban J connectivity index is 2.05. The SMILES string of the molecule is C=CCN(CCc1ccccc1)C(=O)Nc1ccccc1CC(N)=O. The number of primary amides is 1. The van der Waals surface area contributed by atoms with Crippen molar-refractivity contribution in [1.82, 2.24) is 4.90 Å². The molecular formula is C20H23N3O2. The minimum atomic E-state index is -0.436. The van der Waals surface area contributed by atoms with Gasteiger partial charge in [0, 0.05) is 18.8 Å². The van der Waals surface area contributed by atoms with Crippen molar-refractivity contribution in [3.63, 3.8) is 0 Å². The number of para-hydroxylation sites is 1. The van der Waals surface area contributed by atoms with Gasteiger partial charge in [-0.2, -0.15) is 0 Å². The topological polar surface area (TPSA) is 75.4 Å². The van der Waals surface area contributed by atoms with Crippen molar-refractivity contribution in [2.75, 3.05) is 18.4 Å². The lowest BCUT2D eigenvalue weighted by Crippen LogP contribution is -2.37. The molecule has 2 rings (SSSR count). The summed E-state index contributed by atoms with van der Waals surface area (Å²) >= 11 is 0. The zero-order valence-corrected chi connectivity index (χ0v) is 14.2. The van der Waals surface area contributed by atoms with Crippen LogP contribution in [0, 0.1) is 0 Å². The average Bonchev–Trinajstić information content (AvgIpc) is 2.60. The summed E-state index contributed by atoms with van der Waals surface area (Å²) in [6.07, 6.45) is 2.53. The summed E-state index contributed by atoms with van der Waals surface area (Å²) in [5.74, 6) is -0.436. The van der Waals surface area contributed by atoms with Gasteiger partial charge in [-0.1, -0.05) is 54.6 Å². The van der Waals surface area contributed by atoms with Crippen molar-refractivity contribution in [2.45, 2.75) is 12.8 Å². The van der Waals surface area contributed by atoms with E-state index in [1.54, 1.807) is 23.1 Å². The van der Waals surface area contributed by atoms with Crippen LogP contribution in [0.15, 0.2) is 67.3 Å². The molecule has 0 atom stereocenters. The van der Waals surface area contributed by atoms with E-state index in [-0.39, 0.29) is 12.5 Å². The minimum Gasteiger partial charge on any atom is -0.369 e. The lowest BCUT2D eigenvalue weighted by atomic mass is 10.1. The van der Waals surface area contributed by atoms with Crippen molar-refractivity contribution < 1.29 is 9.59 Å². The molecule has 5 heteroatoms. The Morgan fingerprint density at radius 3 is 2.44 bits per heavy atom. The van der Waals surface area contributed by atoms with E-state index in [9.17, 15) is 9.59 Å². The Morgan fingerprint density at radius 2 is 1.76 bits per heavy atom. The molecule has 2 aromatic rings. The molecule has 0 saturated heterocycles. The van der Waals surface area contributed by atoms with Crippen LogP contribution in [-0.2, 0) is 17.6 Å². The van der Waals surface area contributed by atoms with Crippen LogP contribution in [0.25, 0.3) is 0 Å². The van der Waals surface area contributed by atoms with Gasteiger partial charge in [0.25, 0.3) is 0 Å². The zero-order valence-electron chi connectivity index (χ0n) is 14.2. The number of nitrogens with one attached hydrogen (secondary N) is 1. The standard InChI is InChI=1S/C20H23N3O2/c1-2-13-23(14-12-16-8-4-3-5-9-16)20(25)22-18-11-7-6-10-17(18)15-19(21)24/h2-11H,1,12-15H2,(H2,21,24)(H,22,25). The highest BCUT2D eigenvalue weighted by Gasteiger charge is 2.14. The maximum absolute atomic E-state index is 12.6. The second-order valence-corrected chi connectivity index (χ2v) is 5.70. The Bertz CT molecular complexity index is 729. The first-order valence-electron chi connectivity index (χ1n) is 8.17. The highest BCUT2D eigenvalue weighted by molar-refractivity contribution is 5.91. The number of anilines is 1. The number of amides is 3. The highest BCUT2D eigenvalue weighted by atomic mass is 16.2. The van der Waals surface area contributed by atoms with E-state index in [1.807, 2.05) is 42.5 Å². The van der Waals surface area contributed by atoms with Gasteiger partial charge in [0.1, 0.15) is 0 Å². The van der Waals surface area contributed by atoms with Crippen LogP contribution in [0.5, 0.6) is 0 Å². The number of benzene rings is 2. The summed E-state index contributed by atoms with van der Waals surface area (Å²) in [4.78, 5) is 25.5. The molecule has 25 heavy (non-hydrogen) atoms. The number of carbonyl (C=O) groups is 2. The molecule has 0 aliphatic carbocycles. The molecule has 0 spiro atoms. The van der Waals surface area contributed by atoms with Gasteiger partial charge in [-0.25, -0.2) is 4.79 Å². The molecule has 0 aliphatic heterocycles. The summed E-state index contributed by atoms with van der Waals surface area (Å²) in [5, 5.41) is 2.87. The van der Waals surface area contributed by atoms with Gasteiger partial charge >= 0.3 is 6.03 Å². The van der Waals surface area contributed by atoms with Gasteiger partial charge in [-0.05, 0) is 23.6 Å². The van der Waals surface area contributed by atoms with E-state index in [2.05, 4.69) is 11.9 Å². The van der Waals surface area contributed by atoms with E-state index < -0.39 is 5.91 Å². The summed E-state index contributed by atoms with van der Waals surface area (Å²) in [5.41, 5.74) is 7.73. The Kier molecular flexibility index (Phi) is 6.77. The summed E-state index contributed by atoms with van der Waals surface area (Å²) in [6, 6.07) is 16.9. The van der Waals surface area contributed by atoms with Gasteiger partial charge in [-0.15, -0.1) is 6.58 Å². The first kappa shape index (κ1) is 18.3. The number of urea groups is 1. The average molecular weight is 337 g/mol. The molecule has 130 valence electrons. The monoisotopic (exact) mass is 337 g/mol. The largest absolute Gasteiger partial charge is 0.369 e. The minimum absolute atomic E-state index is 0.0852. The van der Waals surface area contributed by atoms with Crippen molar-refractivity contribution in [2.24, 2.45) is 5.73 Å². The van der Waals surface area contributed by atoms with Crippen molar-refractivity contribution in [1.29, 1.82) is 0 Å². The third-order valence-electron chi connectivity index (χ3n) is 3.77. The molecule has 3 amide bonds. The van der Waals surface area contributed by atoms with Crippen molar-refractivity contribution >= 4 is 17.6 Å². The van der Waals surface area contributed by atoms with Crippen LogP contribution in [0.2, 0.25) is 0 Å². The molecule has 2 aromatic carbocycles. The van der Waals surface area contributed by atoms with Crippen LogP contribution in [-0.4, -0.2) is 29.9 Å². The molecule has 0 fully saturated rings. The molecule has 0 aromatic heterocycles. The van der Waals surface area contributed by atoms with Crippen LogP contribution >= 0.6 is 0 Å². The third kappa shape index (κ3) is 5.80. The molecular weight excluding hydrogens is 314 g/mol. The number of nitrogens with two attached hydrogens (primary N) is 1. The molecule has 3 N–H and O–H groups in total. The van der Waals surface area contributed by atoms with E-state index in [0.29, 0.717) is 24.3 Å². The van der Waals surface area contributed by atoms with Crippen LogP contribution in [0.3, 0.4) is 0 Å². The summed E-state index contributed by atoms with van der Waals surface area (Å²) in [6.45, 7) is 4.73. The molecule has 0 saturated carbocycles. The Morgan fingerprint density at radius 1 is 1.08 bits per heavy atom. The van der Waals surface area contributed by atoms with E-state index >= 15 is 0 Å². The molecule has 0 aliphatic rings. The van der Waals surface area contributed by atoms with Crippen LogP contribution < -0.4 is 11.1 Å². The van der Waals surface area contributed by atoms with Gasteiger partial charge in [-0.3, -0.25) is 4.79 Å². The fraction of sp³-hybridized carbons (Fsp3) is 0.200. The second kappa shape index (κ2) is 9.27. The molecule has 5 nitrogen and oxygen atoms in total. The Labute approximate surface area is 148 Å². The van der Waals surface area contributed by atoms with Crippen molar-refractivity contribution in [3.8, 4) is 0 Å². The predicted molar refractivity (Wildman–Crippen MR) is 100 cm³/mol. The van der Waals surface area contributed by atoms with E-state index in [4.69, 9.17) is 5.73 Å². The predicted octanol–water partition coefficient (Wildman–Crippen LogP) is 2.98. The fourth-order valence-corrected chi connectivity index (χ4v) is 2.52. The van der Waals surface area contributed by atoms with Gasteiger partial charge in [0.15, 0.2) is 0 Å². The first-order chi connectivity index (χ1) is 12.1. The smallest absolute Gasteiger partial charge is 0.322 e. The quantitative estimate of drug-likeness (QED) is 0.727. The second-order valence-electron chi connectivity index (χ2n) is 5.70. The normalized spacial score (nSPS) is 10.1. The number of hydrogen-bond donors (Lipinski definition) is 2. The van der Waals surface area contributed by atoms with Crippen LogP contribution in [0.4, 0.5) is 10.5 Å². The highest BCUT2D eigenvalue weighted by Crippen LogP contribution is 2.16. The van der Waals surface area contributed by atoms with Gasteiger partial charge in [0.2, 0.25) is 5.91 Å². The molecule has 0 unspecified atom stereocenters. The fourth-order valence-electron chi connectivity index (χ4n) is 2.52. The molecule has 0 bridgehead atoms. The lowest BCUT2D eigenvalue weighted by Gasteiger charge is -2.22. The number of hydrogen-bond acceptors (Lipinski definition) is 2. The first-order valence-corrected chi connectivity index (χ1v) is 8.17. The number of rotatable bonds is 8. The number of nitrogens with zero attached hydrogens (tertiary/aromatic N) is 1. The van der Waals surface area contributed by atoms with Gasteiger partial charge in [0.05, 0.1) is 6.42 Å².